The molecule has 2 aromatic carbocycles. The molecule has 1 saturated heterocycles. The topological polar surface area (TPSA) is 83.2 Å². The second-order valence-electron chi connectivity index (χ2n) is 7.78. The number of nitrogens with two attached hydrogens (primary N) is 1. The molecule has 1 aliphatic heterocycles. The Balaban J connectivity index is 1.40. The van der Waals surface area contributed by atoms with Gasteiger partial charge in [0.05, 0.1) is 12.1 Å². The van der Waals surface area contributed by atoms with Gasteiger partial charge in [-0.05, 0) is 42.8 Å². The van der Waals surface area contributed by atoms with Crippen molar-refractivity contribution in [2.45, 2.75) is 19.6 Å². The van der Waals surface area contributed by atoms with E-state index in [-0.39, 0.29) is 5.95 Å². The maximum absolute atomic E-state index is 13.0. The summed E-state index contributed by atoms with van der Waals surface area (Å²) in [4.78, 5) is 16.9. The number of hydrogen-bond acceptors (Lipinski definition) is 7. The molecule has 11 heteroatoms. The van der Waals surface area contributed by atoms with Gasteiger partial charge in [0, 0.05) is 42.6 Å². The minimum Gasteiger partial charge on any atom is -0.369 e. The Kier molecular flexibility index (Phi) is 6.57. The largest absolute Gasteiger partial charge is 0.416 e. The molecule has 4 rings (SSSR count). The SMILES string of the molecule is Cc1c(Cl)cccc1Nc1nc(N)nc(CN2CCN(c3cccc(C(F)(F)F)c3)CC2)n1. The molecule has 3 aromatic rings. The highest BCUT2D eigenvalue weighted by Crippen LogP contribution is 2.32. The molecule has 3 N–H and O–H groups in total. The molecule has 0 spiro atoms. The van der Waals surface area contributed by atoms with Crippen molar-refractivity contribution < 1.29 is 13.2 Å². The molecule has 0 radical (unpaired) electrons. The van der Waals surface area contributed by atoms with Crippen LogP contribution in [0.2, 0.25) is 5.02 Å². The summed E-state index contributed by atoms with van der Waals surface area (Å²) < 4.78 is 39.0. The van der Waals surface area contributed by atoms with Crippen molar-refractivity contribution in [3.8, 4) is 0 Å². The molecule has 33 heavy (non-hydrogen) atoms. The Morgan fingerprint density at radius 1 is 1.03 bits per heavy atom. The lowest BCUT2D eigenvalue weighted by Gasteiger charge is -2.36. The molecule has 0 bridgehead atoms. The van der Waals surface area contributed by atoms with Crippen molar-refractivity contribution in [2.24, 2.45) is 0 Å². The van der Waals surface area contributed by atoms with Gasteiger partial charge in [0.1, 0.15) is 5.82 Å². The Morgan fingerprint density at radius 2 is 1.76 bits per heavy atom. The van der Waals surface area contributed by atoms with Crippen LogP contribution in [0.15, 0.2) is 42.5 Å². The van der Waals surface area contributed by atoms with Gasteiger partial charge in [0.25, 0.3) is 0 Å². The van der Waals surface area contributed by atoms with Crippen molar-refractivity contribution in [1.29, 1.82) is 0 Å². The highest BCUT2D eigenvalue weighted by Gasteiger charge is 2.31. The van der Waals surface area contributed by atoms with E-state index in [1.165, 1.54) is 12.1 Å². The number of halogens is 4. The first kappa shape index (κ1) is 23.1. The molecule has 1 fully saturated rings. The van der Waals surface area contributed by atoms with E-state index in [0.717, 1.165) is 17.3 Å². The van der Waals surface area contributed by atoms with Crippen LogP contribution >= 0.6 is 11.6 Å². The van der Waals surface area contributed by atoms with Crippen molar-refractivity contribution >= 4 is 34.9 Å². The maximum Gasteiger partial charge on any atom is 0.416 e. The van der Waals surface area contributed by atoms with E-state index >= 15 is 0 Å². The summed E-state index contributed by atoms with van der Waals surface area (Å²) in [5.41, 5.74) is 7.45. The molecule has 0 aliphatic carbocycles. The predicted octanol–water partition coefficient (Wildman–Crippen LogP) is 4.50. The number of piperazine rings is 1. The molecular weight excluding hydrogens is 455 g/mol. The van der Waals surface area contributed by atoms with Gasteiger partial charge in [0.2, 0.25) is 11.9 Å². The molecule has 0 amide bonds. The van der Waals surface area contributed by atoms with Crippen molar-refractivity contribution in [3.05, 3.63) is 64.4 Å². The first-order chi connectivity index (χ1) is 15.7. The number of nitrogen functional groups attached to an aromatic ring is 1. The number of anilines is 4. The number of nitrogens with one attached hydrogen (secondary N) is 1. The van der Waals surface area contributed by atoms with Gasteiger partial charge in [0.15, 0.2) is 0 Å². The second kappa shape index (κ2) is 9.40. The molecule has 2 heterocycles. The third-order valence-electron chi connectivity index (χ3n) is 5.49. The van der Waals surface area contributed by atoms with Gasteiger partial charge in [-0.2, -0.15) is 28.1 Å². The van der Waals surface area contributed by atoms with Crippen LogP contribution in [0, 0.1) is 6.92 Å². The fourth-order valence-corrected chi connectivity index (χ4v) is 3.85. The van der Waals surface area contributed by atoms with E-state index in [2.05, 4.69) is 25.2 Å². The quantitative estimate of drug-likeness (QED) is 0.559. The molecule has 0 unspecified atom stereocenters. The number of rotatable bonds is 5. The third-order valence-corrected chi connectivity index (χ3v) is 5.90. The highest BCUT2D eigenvalue weighted by molar-refractivity contribution is 6.31. The van der Waals surface area contributed by atoms with E-state index in [4.69, 9.17) is 17.3 Å². The molecule has 1 aliphatic rings. The van der Waals surface area contributed by atoms with Gasteiger partial charge in [-0.25, -0.2) is 0 Å². The van der Waals surface area contributed by atoms with Crippen molar-refractivity contribution in [2.75, 3.05) is 42.1 Å². The average Bonchev–Trinajstić information content (AvgIpc) is 2.77. The third kappa shape index (κ3) is 5.63. The summed E-state index contributed by atoms with van der Waals surface area (Å²) in [6, 6.07) is 10.9. The Labute approximate surface area is 194 Å². The van der Waals surface area contributed by atoms with E-state index in [0.29, 0.717) is 55.2 Å². The molecular formula is C22H23ClF3N7. The zero-order valence-corrected chi connectivity index (χ0v) is 18.7. The molecule has 0 atom stereocenters. The van der Waals surface area contributed by atoms with Crippen LogP contribution in [0.5, 0.6) is 0 Å². The number of hydrogen-bond donors (Lipinski definition) is 2. The van der Waals surface area contributed by atoms with Crippen LogP contribution in [-0.2, 0) is 12.7 Å². The summed E-state index contributed by atoms with van der Waals surface area (Å²) in [5, 5.41) is 3.76. The zero-order chi connectivity index (χ0) is 23.6. The normalized spacial score (nSPS) is 15.0. The molecule has 0 saturated carbocycles. The lowest BCUT2D eigenvalue weighted by molar-refractivity contribution is -0.137. The molecule has 174 valence electrons. The van der Waals surface area contributed by atoms with Crippen LogP contribution < -0.4 is 16.0 Å². The number of aromatic nitrogens is 3. The molecule has 1 aromatic heterocycles. The standard InChI is InChI=1S/C22H23ClF3N7/c1-14-17(23)6-3-7-18(14)28-21-30-19(29-20(27)31-21)13-32-8-10-33(11-9-32)16-5-2-4-15(12-16)22(24,25)26/h2-7,12H,8-11,13H2,1H3,(H3,27,28,29,30,31). The van der Waals surface area contributed by atoms with E-state index in [9.17, 15) is 13.2 Å². The summed E-state index contributed by atoms with van der Waals surface area (Å²) in [7, 11) is 0. The summed E-state index contributed by atoms with van der Waals surface area (Å²) in [5.74, 6) is 0.937. The van der Waals surface area contributed by atoms with Gasteiger partial charge in [-0.15, -0.1) is 0 Å². The fraction of sp³-hybridized carbons (Fsp3) is 0.318. The van der Waals surface area contributed by atoms with Crippen LogP contribution in [0.4, 0.5) is 36.4 Å². The van der Waals surface area contributed by atoms with E-state index < -0.39 is 11.7 Å². The van der Waals surface area contributed by atoms with E-state index in [1.54, 1.807) is 12.1 Å². The van der Waals surface area contributed by atoms with Gasteiger partial charge in [-0.1, -0.05) is 23.7 Å². The smallest absolute Gasteiger partial charge is 0.369 e. The first-order valence-electron chi connectivity index (χ1n) is 10.4. The number of benzene rings is 2. The maximum atomic E-state index is 13.0. The van der Waals surface area contributed by atoms with Crippen LogP contribution in [0.25, 0.3) is 0 Å². The average molecular weight is 478 g/mol. The highest BCUT2D eigenvalue weighted by atomic mass is 35.5. The molecule has 7 nitrogen and oxygen atoms in total. The van der Waals surface area contributed by atoms with E-state index in [1.807, 2.05) is 24.0 Å². The van der Waals surface area contributed by atoms with Gasteiger partial charge in [-0.3, -0.25) is 4.90 Å². The fourth-order valence-electron chi connectivity index (χ4n) is 3.67. The Bertz CT molecular complexity index is 1130. The minimum absolute atomic E-state index is 0.102. The monoisotopic (exact) mass is 477 g/mol. The van der Waals surface area contributed by atoms with Crippen LogP contribution in [-0.4, -0.2) is 46.0 Å². The first-order valence-corrected chi connectivity index (χ1v) is 10.7. The van der Waals surface area contributed by atoms with Gasteiger partial charge >= 0.3 is 6.18 Å². The predicted molar refractivity (Wildman–Crippen MR) is 123 cm³/mol. The van der Waals surface area contributed by atoms with Gasteiger partial charge < -0.3 is 16.0 Å². The second-order valence-corrected chi connectivity index (χ2v) is 8.19. The lowest BCUT2D eigenvalue weighted by Crippen LogP contribution is -2.46. The summed E-state index contributed by atoms with van der Waals surface area (Å²) >= 11 is 6.17. The van der Waals surface area contributed by atoms with Crippen molar-refractivity contribution in [1.82, 2.24) is 19.9 Å². The summed E-state index contributed by atoms with van der Waals surface area (Å²) in [6.45, 7) is 4.83. The van der Waals surface area contributed by atoms with Crippen LogP contribution in [0.3, 0.4) is 0 Å². The number of nitrogens with zero attached hydrogens (tertiary/aromatic N) is 5. The summed E-state index contributed by atoms with van der Waals surface area (Å²) in [6.07, 6.45) is -4.36. The minimum atomic E-state index is -4.36. The lowest BCUT2D eigenvalue weighted by atomic mass is 10.1. The Morgan fingerprint density at radius 3 is 2.48 bits per heavy atom. The number of alkyl halides is 3. The van der Waals surface area contributed by atoms with Crippen LogP contribution in [0.1, 0.15) is 17.0 Å². The zero-order valence-electron chi connectivity index (χ0n) is 17.9. The Hall–Kier alpha value is -3.11. The van der Waals surface area contributed by atoms with Crippen molar-refractivity contribution in [3.63, 3.8) is 0 Å².